The number of rotatable bonds is 2. The number of carbonyl (C=O) groups excluding carboxylic acids is 2. The van der Waals surface area contributed by atoms with Crippen molar-refractivity contribution in [1.29, 1.82) is 0 Å². The average Bonchev–Trinajstić information content (AvgIpc) is 2.20. The zero-order valence-corrected chi connectivity index (χ0v) is 19.0. The van der Waals surface area contributed by atoms with Crippen LogP contribution < -0.4 is 108 Å². The maximum Gasteiger partial charge on any atom is 1.00 e. The smallest absolute Gasteiger partial charge is 0.807 e. The summed E-state index contributed by atoms with van der Waals surface area (Å²) in [5.41, 5.74) is -2.56. The number of phenols is 1. The minimum absolute atomic E-state index is 0. The molecule has 0 atom stereocenters. The van der Waals surface area contributed by atoms with E-state index in [2.05, 4.69) is 0 Å². The number of benzene rings is 1. The Morgan fingerprint density at radius 3 is 1.67 bits per heavy atom. The van der Waals surface area contributed by atoms with E-state index < -0.39 is 13.3 Å². The fraction of sp³-hybridized carbons (Fsp3) is 0.111. The molecule has 12 heteroatoms. The standard InChI is InChI=1S/C8H8O3.CH3O5P.3Na/c1-6(9)11-8-4-2-7(10)3-5-8;2-1(3)7(4,5)6;;;/h2-5,10H,1H3;(H,2,3)(H2,4,5,6);;;/q;;3*+1/p-3. The number of phenolic OH excluding ortho intramolecular Hbond substituents is 1. The maximum atomic E-state index is 10.4. The molecule has 21 heavy (non-hydrogen) atoms. The van der Waals surface area contributed by atoms with Crippen molar-refractivity contribution in [2.75, 3.05) is 0 Å². The van der Waals surface area contributed by atoms with Crippen molar-refractivity contribution < 1.29 is 128 Å². The zero-order valence-electron chi connectivity index (χ0n) is 12.1. The Balaban J connectivity index is -0.000000130. The van der Waals surface area contributed by atoms with Crippen LogP contribution in [-0.2, 0) is 9.36 Å². The van der Waals surface area contributed by atoms with E-state index in [1.807, 2.05) is 0 Å². The first kappa shape index (κ1) is 30.0. The Morgan fingerprint density at radius 2 is 1.43 bits per heavy atom. The van der Waals surface area contributed by atoms with Crippen LogP contribution in [0.5, 0.6) is 11.5 Å². The van der Waals surface area contributed by atoms with Gasteiger partial charge >= 0.3 is 94.6 Å². The van der Waals surface area contributed by atoms with E-state index >= 15 is 0 Å². The molecule has 0 radical (unpaired) electrons. The third-order valence-corrected chi connectivity index (χ3v) is 1.77. The summed E-state index contributed by atoms with van der Waals surface area (Å²) in [6.07, 6.45) is 0. The molecular formula is C9H8Na3O8P. The van der Waals surface area contributed by atoms with Crippen molar-refractivity contribution in [3.8, 4) is 11.5 Å². The molecule has 100 valence electrons. The first-order valence-corrected chi connectivity index (χ1v) is 5.88. The van der Waals surface area contributed by atoms with Gasteiger partial charge in [0.15, 0.2) is 0 Å². The molecule has 0 aliphatic rings. The summed E-state index contributed by atoms with van der Waals surface area (Å²) in [5.74, 6) is 0.229. The number of carboxylic acid groups (broad SMARTS) is 1. The summed E-state index contributed by atoms with van der Waals surface area (Å²) >= 11 is 0. The van der Waals surface area contributed by atoms with E-state index in [1.165, 1.54) is 31.2 Å². The SMILES string of the molecule is CC(=O)Oc1ccc(O)cc1.O=C([O-])P(=O)([O-])[O-].[Na+].[Na+].[Na+]. The first-order valence-electron chi connectivity index (χ1n) is 4.34. The molecule has 0 aliphatic heterocycles. The molecule has 1 aromatic carbocycles. The van der Waals surface area contributed by atoms with E-state index in [-0.39, 0.29) is 100 Å². The molecular weight excluding hydrogens is 336 g/mol. The predicted octanol–water partition coefficient (Wildman–Crippen LogP) is -10.4. The minimum Gasteiger partial charge on any atom is -0.807 e. The molecule has 1 rings (SSSR count). The monoisotopic (exact) mass is 344 g/mol. The van der Waals surface area contributed by atoms with Crippen LogP contribution >= 0.6 is 7.60 Å². The second-order valence-electron chi connectivity index (χ2n) is 2.85. The molecule has 1 N–H and O–H groups in total. The van der Waals surface area contributed by atoms with Gasteiger partial charge in [0.25, 0.3) is 0 Å². The third-order valence-electron chi connectivity index (χ3n) is 1.32. The predicted molar refractivity (Wildman–Crippen MR) is 52.4 cm³/mol. The topological polar surface area (TPSA) is 150 Å². The van der Waals surface area contributed by atoms with E-state index in [0.717, 1.165) is 0 Å². The van der Waals surface area contributed by atoms with Crippen LogP contribution in [0.15, 0.2) is 24.3 Å². The molecule has 0 aliphatic carbocycles. The van der Waals surface area contributed by atoms with Crippen LogP contribution in [0.25, 0.3) is 0 Å². The molecule has 0 amide bonds. The van der Waals surface area contributed by atoms with Gasteiger partial charge in [-0.15, -0.1) is 0 Å². The van der Waals surface area contributed by atoms with Crippen LogP contribution in [0.4, 0.5) is 4.79 Å². The zero-order chi connectivity index (χ0) is 14.3. The van der Waals surface area contributed by atoms with Gasteiger partial charge in [0, 0.05) is 6.92 Å². The number of hydrogen-bond donors (Lipinski definition) is 1. The van der Waals surface area contributed by atoms with Crippen molar-refractivity contribution in [3.05, 3.63) is 24.3 Å². The summed E-state index contributed by atoms with van der Waals surface area (Å²) in [7, 11) is -5.43. The Kier molecular flexibility index (Phi) is 21.0. The Hall–Kier alpha value is 1.11. The van der Waals surface area contributed by atoms with Gasteiger partial charge < -0.3 is 34.1 Å². The Morgan fingerprint density at radius 1 is 1.10 bits per heavy atom. The summed E-state index contributed by atoms with van der Waals surface area (Å²) in [5, 5.41) is 17.9. The minimum atomic E-state index is -5.43. The van der Waals surface area contributed by atoms with Gasteiger partial charge in [0.2, 0.25) is 0 Å². The van der Waals surface area contributed by atoms with Crippen LogP contribution in [-0.4, -0.2) is 16.8 Å². The van der Waals surface area contributed by atoms with Crippen molar-refractivity contribution >= 4 is 19.3 Å². The molecule has 0 spiro atoms. The van der Waals surface area contributed by atoms with Crippen molar-refractivity contribution in [2.45, 2.75) is 6.92 Å². The maximum absolute atomic E-state index is 10.4. The third kappa shape index (κ3) is 17.3. The molecule has 0 unspecified atom stereocenters. The van der Waals surface area contributed by atoms with Crippen LogP contribution in [0, 0.1) is 0 Å². The molecule has 0 heterocycles. The average molecular weight is 344 g/mol. The van der Waals surface area contributed by atoms with E-state index in [1.54, 1.807) is 0 Å². The molecule has 8 nitrogen and oxygen atoms in total. The Bertz CT molecular complexity index is 472. The van der Waals surface area contributed by atoms with Crippen LogP contribution in [0.3, 0.4) is 0 Å². The largest absolute Gasteiger partial charge is 1.00 e. The van der Waals surface area contributed by atoms with Crippen molar-refractivity contribution in [1.82, 2.24) is 0 Å². The normalized spacial score (nSPS) is 8.52. The van der Waals surface area contributed by atoms with Gasteiger partial charge in [-0.05, 0) is 31.9 Å². The fourth-order valence-electron chi connectivity index (χ4n) is 0.680. The Labute approximate surface area is 187 Å². The molecule has 0 saturated carbocycles. The van der Waals surface area contributed by atoms with Gasteiger partial charge in [0.05, 0.1) is 5.71 Å². The van der Waals surface area contributed by atoms with Gasteiger partial charge in [-0.1, -0.05) is 0 Å². The van der Waals surface area contributed by atoms with Crippen molar-refractivity contribution in [3.63, 3.8) is 0 Å². The van der Waals surface area contributed by atoms with E-state index in [4.69, 9.17) is 34.1 Å². The number of aromatic hydroxyl groups is 1. The molecule has 0 bridgehead atoms. The van der Waals surface area contributed by atoms with Gasteiger partial charge in [-0.25, -0.2) is 0 Å². The number of carbonyl (C=O) groups is 2. The summed E-state index contributed by atoms with van der Waals surface area (Å²) in [6, 6.07) is 5.96. The summed E-state index contributed by atoms with van der Waals surface area (Å²) < 4.78 is 13.9. The van der Waals surface area contributed by atoms with Crippen molar-refractivity contribution in [2.24, 2.45) is 0 Å². The van der Waals surface area contributed by atoms with Gasteiger partial charge in [0.1, 0.15) is 11.5 Å². The van der Waals surface area contributed by atoms with Crippen LogP contribution in [0.1, 0.15) is 6.92 Å². The molecule has 1 aromatic rings. The van der Waals surface area contributed by atoms with Crippen LogP contribution in [0.2, 0.25) is 0 Å². The van der Waals surface area contributed by atoms with Gasteiger partial charge in [-0.3, -0.25) is 4.79 Å². The molecule has 0 aromatic heterocycles. The van der Waals surface area contributed by atoms with E-state index in [0.29, 0.717) is 5.75 Å². The quantitative estimate of drug-likeness (QED) is 0.240. The van der Waals surface area contributed by atoms with Gasteiger partial charge in [-0.2, -0.15) is 0 Å². The first-order chi connectivity index (χ1) is 8.12. The van der Waals surface area contributed by atoms with E-state index in [9.17, 15) is 4.79 Å². The summed E-state index contributed by atoms with van der Waals surface area (Å²) in [6.45, 7) is 1.33. The number of esters is 1. The second-order valence-corrected chi connectivity index (χ2v) is 4.21. The fourth-order valence-corrected chi connectivity index (χ4v) is 0.680. The molecule has 0 saturated heterocycles. The number of hydrogen-bond acceptors (Lipinski definition) is 8. The second kappa shape index (κ2) is 14.7. The number of ether oxygens (including phenoxy) is 1. The summed E-state index contributed by atoms with van der Waals surface area (Å²) in [4.78, 5) is 37.7. The molecule has 0 fully saturated rings.